The number of rotatable bonds is 7. The van der Waals surface area contributed by atoms with Crippen molar-refractivity contribution >= 4 is 5.91 Å². The highest BCUT2D eigenvalue weighted by atomic mass is 16.5. The molecular weight excluding hydrogens is 232 g/mol. The van der Waals surface area contributed by atoms with E-state index in [9.17, 15) is 9.90 Å². The number of hydrogen-bond acceptors (Lipinski definition) is 4. The molecule has 3 N–H and O–H groups in total. The first kappa shape index (κ1) is 15.4. The van der Waals surface area contributed by atoms with E-state index in [1.807, 2.05) is 13.8 Å². The Kier molecular flexibility index (Phi) is 6.60. The second-order valence-electron chi connectivity index (χ2n) is 5.04. The van der Waals surface area contributed by atoms with Crippen molar-refractivity contribution in [3.05, 3.63) is 0 Å². The minimum atomic E-state index is -0.179. The fraction of sp³-hybridized carbons (Fsp3) is 0.923. The molecule has 1 unspecified atom stereocenters. The molecular formula is C13H26N2O3. The standard InChI is InChI=1S/C13H26N2O3/c1-3-13(4-2,10-16)9-15-12(17)7-11-8-14-5-6-18-11/h11,14,16H,3-10H2,1-2H3,(H,15,17). The lowest BCUT2D eigenvalue weighted by molar-refractivity contribution is -0.125. The van der Waals surface area contributed by atoms with Crippen molar-refractivity contribution in [3.8, 4) is 0 Å². The summed E-state index contributed by atoms with van der Waals surface area (Å²) in [5.74, 6) is 0.00317. The van der Waals surface area contributed by atoms with Crippen molar-refractivity contribution in [1.29, 1.82) is 0 Å². The Morgan fingerprint density at radius 1 is 1.50 bits per heavy atom. The number of aliphatic hydroxyl groups is 1. The number of aliphatic hydroxyl groups excluding tert-OH is 1. The monoisotopic (exact) mass is 258 g/mol. The van der Waals surface area contributed by atoms with Crippen LogP contribution >= 0.6 is 0 Å². The second-order valence-corrected chi connectivity index (χ2v) is 5.04. The van der Waals surface area contributed by atoms with Crippen LogP contribution in [0, 0.1) is 5.41 Å². The summed E-state index contributed by atoms with van der Waals surface area (Å²) in [5.41, 5.74) is -0.179. The van der Waals surface area contributed by atoms with Crippen LogP contribution in [-0.2, 0) is 9.53 Å². The van der Waals surface area contributed by atoms with E-state index in [0.717, 1.165) is 25.9 Å². The van der Waals surface area contributed by atoms with Crippen LogP contribution in [0.3, 0.4) is 0 Å². The molecule has 1 rings (SSSR count). The van der Waals surface area contributed by atoms with E-state index in [0.29, 0.717) is 19.6 Å². The molecule has 5 nitrogen and oxygen atoms in total. The lowest BCUT2D eigenvalue weighted by atomic mass is 9.83. The highest BCUT2D eigenvalue weighted by Crippen LogP contribution is 2.24. The second kappa shape index (κ2) is 7.71. The first-order chi connectivity index (χ1) is 8.65. The molecule has 0 spiro atoms. The molecule has 1 saturated heterocycles. The van der Waals surface area contributed by atoms with Crippen molar-refractivity contribution in [2.45, 2.75) is 39.2 Å². The summed E-state index contributed by atoms with van der Waals surface area (Å²) < 4.78 is 5.49. The summed E-state index contributed by atoms with van der Waals surface area (Å²) in [5, 5.41) is 15.5. The number of carbonyl (C=O) groups is 1. The number of ether oxygens (including phenoxy) is 1. The molecule has 0 saturated carbocycles. The topological polar surface area (TPSA) is 70.6 Å². The summed E-state index contributed by atoms with van der Waals surface area (Å²) in [6, 6.07) is 0. The lowest BCUT2D eigenvalue weighted by Gasteiger charge is -2.30. The number of nitrogens with one attached hydrogen (secondary N) is 2. The van der Waals surface area contributed by atoms with E-state index < -0.39 is 0 Å². The molecule has 1 aliphatic rings. The molecule has 0 aliphatic carbocycles. The van der Waals surface area contributed by atoms with E-state index in [4.69, 9.17) is 4.74 Å². The van der Waals surface area contributed by atoms with E-state index in [2.05, 4.69) is 10.6 Å². The Bertz CT molecular complexity index is 240. The molecule has 1 heterocycles. The third-order valence-corrected chi connectivity index (χ3v) is 3.91. The first-order valence-electron chi connectivity index (χ1n) is 6.85. The zero-order valence-electron chi connectivity index (χ0n) is 11.5. The van der Waals surface area contributed by atoms with Gasteiger partial charge in [0.2, 0.25) is 5.91 Å². The molecule has 0 radical (unpaired) electrons. The predicted octanol–water partition coefficient (Wildman–Crippen LogP) is 0.280. The molecule has 0 aromatic heterocycles. The maximum atomic E-state index is 11.8. The van der Waals surface area contributed by atoms with Gasteiger partial charge in [-0.25, -0.2) is 0 Å². The van der Waals surface area contributed by atoms with E-state index in [-0.39, 0.29) is 24.0 Å². The third kappa shape index (κ3) is 4.55. The van der Waals surface area contributed by atoms with Gasteiger partial charge >= 0.3 is 0 Å². The van der Waals surface area contributed by atoms with Crippen molar-refractivity contribution in [3.63, 3.8) is 0 Å². The van der Waals surface area contributed by atoms with E-state index in [1.54, 1.807) is 0 Å². The number of amides is 1. The average Bonchev–Trinajstić information content (AvgIpc) is 2.42. The van der Waals surface area contributed by atoms with Crippen LogP contribution < -0.4 is 10.6 Å². The van der Waals surface area contributed by atoms with E-state index in [1.165, 1.54) is 0 Å². The highest BCUT2D eigenvalue weighted by Gasteiger charge is 2.26. The molecule has 0 bridgehead atoms. The molecule has 1 fully saturated rings. The van der Waals surface area contributed by atoms with Crippen LogP contribution in [0.1, 0.15) is 33.1 Å². The largest absolute Gasteiger partial charge is 0.396 e. The highest BCUT2D eigenvalue weighted by molar-refractivity contribution is 5.76. The minimum absolute atomic E-state index is 0.00317. The van der Waals surface area contributed by atoms with Crippen molar-refractivity contribution in [1.82, 2.24) is 10.6 Å². The first-order valence-corrected chi connectivity index (χ1v) is 6.85. The van der Waals surface area contributed by atoms with Gasteiger partial charge in [0.25, 0.3) is 0 Å². The Hall–Kier alpha value is -0.650. The molecule has 0 aromatic rings. The summed E-state index contributed by atoms with van der Waals surface area (Å²) in [6.45, 7) is 7.00. The van der Waals surface area contributed by atoms with Gasteiger partial charge in [-0.3, -0.25) is 4.79 Å². The van der Waals surface area contributed by atoms with Crippen LogP contribution in [0.25, 0.3) is 0 Å². The zero-order chi connectivity index (χ0) is 13.4. The molecule has 106 valence electrons. The number of morpholine rings is 1. The summed E-state index contributed by atoms with van der Waals surface area (Å²) in [6.07, 6.45) is 2.09. The average molecular weight is 258 g/mol. The zero-order valence-corrected chi connectivity index (χ0v) is 11.5. The Balaban J connectivity index is 2.30. The summed E-state index contributed by atoms with van der Waals surface area (Å²) in [4.78, 5) is 11.8. The van der Waals surface area contributed by atoms with E-state index >= 15 is 0 Å². The quantitative estimate of drug-likeness (QED) is 0.613. The van der Waals surface area contributed by atoms with Gasteiger partial charge in [0.1, 0.15) is 0 Å². The molecule has 18 heavy (non-hydrogen) atoms. The maximum Gasteiger partial charge on any atom is 0.222 e. The van der Waals surface area contributed by atoms with Crippen LogP contribution in [-0.4, -0.2) is 50.0 Å². The predicted molar refractivity (Wildman–Crippen MR) is 70.3 cm³/mol. The van der Waals surface area contributed by atoms with Gasteiger partial charge in [0.05, 0.1) is 25.7 Å². The van der Waals surface area contributed by atoms with Gasteiger partial charge in [0, 0.05) is 25.0 Å². The SMILES string of the molecule is CCC(CC)(CO)CNC(=O)CC1CNCCO1. The van der Waals surface area contributed by atoms with Gasteiger partial charge in [-0.15, -0.1) is 0 Å². The number of carbonyl (C=O) groups excluding carboxylic acids is 1. The van der Waals surface area contributed by atoms with Gasteiger partial charge in [-0.05, 0) is 12.8 Å². The third-order valence-electron chi connectivity index (χ3n) is 3.91. The Morgan fingerprint density at radius 2 is 2.22 bits per heavy atom. The smallest absolute Gasteiger partial charge is 0.222 e. The van der Waals surface area contributed by atoms with Gasteiger partial charge in [0.15, 0.2) is 0 Å². The van der Waals surface area contributed by atoms with Crippen molar-refractivity contribution < 1.29 is 14.6 Å². The van der Waals surface area contributed by atoms with Crippen molar-refractivity contribution in [2.24, 2.45) is 5.41 Å². The van der Waals surface area contributed by atoms with Crippen LogP contribution in [0.4, 0.5) is 0 Å². The molecule has 1 aliphatic heterocycles. The van der Waals surface area contributed by atoms with Gasteiger partial charge < -0.3 is 20.5 Å². The van der Waals surface area contributed by atoms with Crippen LogP contribution in [0.2, 0.25) is 0 Å². The Labute approximate surface area is 109 Å². The van der Waals surface area contributed by atoms with Gasteiger partial charge in [-0.2, -0.15) is 0 Å². The van der Waals surface area contributed by atoms with Gasteiger partial charge in [-0.1, -0.05) is 13.8 Å². The molecule has 0 aromatic carbocycles. The summed E-state index contributed by atoms with van der Waals surface area (Å²) >= 11 is 0. The van der Waals surface area contributed by atoms with Crippen molar-refractivity contribution in [2.75, 3.05) is 32.8 Å². The van der Waals surface area contributed by atoms with Crippen LogP contribution in [0.15, 0.2) is 0 Å². The lowest BCUT2D eigenvalue weighted by Crippen LogP contribution is -2.44. The Morgan fingerprint density at radius 3 is 2.72 bits per heavy atom. The molecule has 1 amide bonds. The summed E-state index contributed by atoms with van der Waals surface area (Å²) in [7, 11) is 0. The van der Waals surface area contributed by atoms with Crippen LogP contribution in [0.5, 0.6) is 0 Å². The maximum absolute atomic E-state index is 11.8. The number of hydrogen-bond donors (Lipinski definition) is 3. The fourth-order valence-corrected chi connectivity index (χ4v) is 2.10. The molecule has 5 heteroatoms. The minimum Gasteiger partial charge on any atom is -0.396 e. The normalized spacial score (nSPS) is 20.7. The molecule has 1 atom stereocenters. The fourth-order valence-electron chi connectivity index (χ4n) is 2.10.